The zero-order valence-corrected chi connectivity index (χ0v) is 17.6. The third-order valence-corrected chi connectivity index (χ3v) is 5.08. The van der Waals surface area contributed by atoms with E-state index in [1.54, 1.807) is 7.05 Å². The molecular formula is C17H24BrFIN3O. The van der Waals surface area contributed by atoms with E-state index in [1.807, 2.05) is 12.1 Å². The molecule has 2 N–H and O–H groups in total. The summed E-state index contributed by atoms with van der Waals surface area (Å²) in [4.78, 5) is 4.27. The van der Waals surface area contributed by atoms with Gasteiger partial charge < -0.3 is 15.4 Å². The molecule has 3 atom stereocenters. The van der Waals surface area contributed by atoms with Crippen LogP contribution in [0.2, 0.25) is 0 Å². The smallest absolute Gasteiger partial charge is 0.191 e. The van der Waals surface area contributed by atoms with Gasteiger partial charge in [0.05, 0.1) is 18.2 Å². The molecule has 2 heterocycles. The van der Waals surface area contributed by atoms with Crippen LogP contribution in [-0.2, 0) is 11.2 Å². The summed E-state index contributed by atoms with van der Waals surface area (Å²) >= 11 is 3.28. The molecule has 0 amide bonds. The van der Waals surface area contributed by atoms with Crippen LogP contribution in [0.5, 0.6) is 0 Å². The normalized spacial score (nSPS) is 25.5. The van der Waals surface area contributed by atoms with E-state index in [-0.39, 0.29) is 29.8 Å². The fourth-order valence-electron chi connectivity index (χ4n) is 3.37. The SMILES string of the molecule is CN=C(NCCCc1ccc(Br)cc1F)NC1CC2CCC1O2.I. The summed E-state index contributed by atoms with van der Waals surface area (Å²) in [6.45, 7) is 0.761. The van der Waals surface area contributed by atoms with Crippen molar-refractivity contribution in [2.45, 2.75) is 50.4 Å². The molecule has 134 valence electrons. The number of rotatable bonds is 5. The van der Waals surface area contributed by atoms with Crippen LogP contribution >= 0.6 is 39.9 Å². The Bertz CT molecular complexity index is 587. The highest BCUT2D eigenvalue weighted by molar-refractivity contribution is 14.0. The van der Waals surface area contributed by atoms with Gasteiger partial charge in [-0.05, 0) is 49.8 Å². The Hall–Kier alpha value is -0.410. The largest absolute Gasteiger partial charge is 0.373 e. The maximum absolute atomic E-state index is 13.8. The zero-order valence-electron chi connectivity index (χ0n) is 13.7. The lowest BCUT2D eigenvalue weighted by Gasteiger charge is -2.22. The topological polar surface area (TPSA) is 45.7 Å². The fraction of sp³-hybridized carbons (Fsp3) is 0.588. The van der Waals surface area contributed by atoms with Crippen molar-refractivity contribution < 1.29 is 9.13 Å². The molecule has 0 aliphatic carbocycles. The number of aliphatic imine (C=N–C) groups is 1. The summed E-state index contributed by atoms with van der Waals surface area (Å²) in [6.07, 6.45) is 5.71. The molecule has 0 aromatic heterocycles. The fourth-order valence-corrected chi connectivity index (χ4v) is 3.70. The number of nitrogens with zero attached hydrogens (tertiary/aromatic N) is 1. The molecule has 1 aromatic rings. The Morgan fingerprint density at radius 2 is 2.25 bits per heavy atom. The molecule has 2 saturated heterocycles. The Morgan fingerprint density at radius 3 is 2.88 bits per heavy atom. The van der Waals surface area contributed by atoms with Gasteiger partial charge >= 0.3 is 0 Å². The standard InChI is InChI=1S/C17H23BrFN3O.HI/c1-20-17(22-15-10-13-6-7-16(15)23-13)21-8-2-3-11-4-5-12(18)9-14(11)19;/h4-5,9,13,15-16H,2-3,6-8,10H2,1H3,(H2,20,21,22);1H. The number of nitrogens with one attached hydrogen (secondary N) is 2. The van der Waals surface area contributed by atoms with Crippen molar-refractivity contribution in [2.24, 2.45) is 4.99 Å². The molecule has 24 heavy (non-hydrogen) atoms. The summed E-state index contributed by atoms with van der Waals surface area (Å²) in [7, 11) is 1.78. The van der Waals surface area contributed by atoms with Gasteiger partial charge in [-0.25, -0.2) is 4.39 Å². The number of benzene rings is 1. The first-order chi connectivity index (χ1) is 11.2. The lowest BCUT2D eigenvalue weighted by molar-refractivity contribution is 0.0992. The average Bonchev–Trinajstić information content (AvgIpc) is 3.14. The molecule has 0 saturated carbocycles. The van der Waals surface area contributed by atoms with Crippen LogP contribution in [0.4, 0.5) is 4.39 Å². The Labute approximate surface area is 168 Å². The van der Waals surface area contributed by atoms with E-state index in [9.17, 15) is 4.39 Å². The quantitative estimate of drug-likeness (QED) is 0.275. The molecule has 4 nitrogen and oxygen atoms in total. The molecule has 0 spiro atoms. The van der Waals surface area contributed by atoms with Crippen LogP contribution < -0.4 is 10.6 Å². The lowest BCUT2D eigenvalue weighted by Crippen LogP contribution is -2.47. The van der Waals surface area contributed by atoms with Gasteiger partial charge in [0.25, 0.3) is 0 Å². The number of aryl methyl sites for hydroxylation is 1. The molecule has 7 heteroatoms. The second-order valence-corrected chi connectivity index (χ2v) is 7.11. The maximum atomic E-state index is 13.8. The van der Waals surface area contributed by atoms with Crippen LogP contribution in [0.25, 0.3) is 0 Å². The third-order valence-electron chi connectivity index (χ3n) is 4.58. The molecule has 2 aliphatic rings. The van der Waals surface area contributed by atoms with Gasteiger partial charge in [-0.15, -0.1) is 24.0 Å². The number of fused-ring (bicyclic) bond motifs is 2. The zero-order chi connectivity index (χ0) is 16.2. The van der Waals surface area contributed by atoms with E-state index in [0.29, 0.717) is 24.7 Å². The summed E-state index contributed by atoms with van der Waals surface area (Å²) in [5.74, 6) is 0.656. The highest BCUT2D eigenvalue weighted by atomic mass is 127. The summed E-state index contributed by atoms with van der Waals surface area (Å²) in [6, 6.07) is 5.59. The van der Waals surface area contributed by atoms with Gasteiger partial charge in [-0.2, -0.15) is 0 Å². The first-order valence-electron chi connectivity index (χ1n) is 8.22. The predicted molar refractivity (Wildman–Crippen MR) is 109 cm³/mol. The second kappa shape index (κ2) is 9.33. The van der Waals surface area contributed by atoms with Gasteiger partial charge in [-0.3, -0.25) is 4.99 Å². The molecule has 0 radical (unpaired) electrons. The Morgan fingerprint density at radius 1 is 1.42 bits per heavy atom. The Kier molecular flexibility index (Phi) is 7.74. The second-order valence-electron chi connectivity index (χ2n) is 6.20. The molecule has 3 unspecified atom stereocenters. The monoisotopic (exact) mass is 511 g/mol. The van der Waals surface area contributed by atoms with Crippen molar-refractivity contribution in [1.29, 1.82) is 0 Å². The van der Waals surface area contributed by atoms with Gasteiger partial charge in [0, 0.05) is 18.1 Å². The minimum absolute atomic E-state index is 0. The molecule has 3 rings (SSSR count). The molecule has 2 aliphatic heterocycles. The number of guanidine groups is 1. The highest BCUT2D eigenvalue weighted by Crippen LogP contribution is 2.34. The average molecular weight is 512 g/mol. The van der Waals surface area contributed by atoms with E-state index in [0.717, 1.165) is 41.8 Å². The number of ether oxygens (including phenoxy) is 1. The van der Waals surface area contributed by atoms with Crippen molar-refractivity contribution in [3.05, 3.63) is 34.1 Å². The molecule has 2 bridgehead atoms. The summed E-state index contributed by atoms with van der Waals surface area (Å²) < 4.78 is 20.4. The number of hydrogen-bond acceptors (Lipinski definition) is 2. The van der Waals surface area contributed by atoms with E-state index in [1.165, 1.54) is 12.5 Å². The van der Waals surface area contributed by atoms with Crippen LogP contribution in [0.1, 0.15) is 31.2 Å². The predicted octanol–water partition coefficient (Wildman–Crippen LogP) is 3.62. The first kappa shape index (κ1) is 19.9. The molecule has 2 fully saturated rings. The number of hydrogen-bond donors (Lipinski definition) is 2. The van der Waals surface area contributed by atoms with E-state index in [4.69, 9.17) is 4.74 Å². The summed E-state index contributed by atoms with van der Waals surface area (Å²) in [5.41, 5.74) is 0.749. The van der Waals surface area contributed by atoms with Crippen LogP contribution in [0.15, 0.2) is 27.7 Å². The third kappa shape index (κ3) is 5.05. The van der Waals surface area contributed by atoms with Crippen LogP contribution in [0, 0.1) is 5.82 Å². The van der Waals surface area contributed by atoms with Crippen molar-refractivity contribution in [1.82, 2.24) is 10.6 Å². The van der Waals surface area contributed by atoms with E-state index >= 15 is 0 Å². The van der Waals surface area contributed by atoms with Gasteiger partial charge in [0.15, 0.2) is 5.96 Å². The van der Waals surface area contributed by atoms with Crippen molar-refractivity contribution in [2.75, 3.05) is 13.6 Å². The number of halogens is 3. The van der Waals surface area contributed by atoms with Gasteiger partial charge in [0.1, 0.15) is 5.82 Å². The van der Waals surface area contributed by atoms with E-state index < -0.39 is 0 Å². The Balaban J connectivity index is 0.00000208. The lowest BCUT2D eigenvalue weighted by atomic mass is 9.96. The minimum Gasteiger partial charge on any atom is -0.373 e. The van der Waals surface area contributed by atoms with Crippen LogP contribution in [-0.4, -0.2) is 37.8 Å². The van der Waals surface area contributed by atoms with Gasteiger partial charge in [-0.1, -0.05) is 22.0 Å². The van der Waals surface area contributed by atoms with Crippen molar-refractivity contribution in [3.8, 4) is 0 Å². The van der Waals surface area contributed by atoms with Crippen molar-refractivity contribution in [3.63, 3.8) is 0 Å². The molecule has 1 aromatic carbocycles. The minimum atomic E-state index is -0.152. The maximum Gasteiger partial charge on any atom is 0.191 e. The van der Waals surface area contributed by atoms with Crippen molar-refractivity contribution >= 4 is 45.9 Å². The summed E-state index contributed by atoms with van der Waals surface area (Å²) in [5, 5.41) is 6.76. The van der Waals surface area contributed by atoms with Crippen LogP contribution in [0.3, 0.4) is 0 Å². The van der Waals surface area contributed by atoms with E-state index in [2.05, 4.69) is 31.6 Å². The van der Waals surface area contributed by atoms with Gasteiger partial charge in [0.2, 0.25) is 0 Å². The first-order valence-corrected chi connectivity index (χ1v) is 9.01. The molecular weight excluding hydrogens is 488 g/mol. The highest BCUT2D eigenvalue weighted by Gasteiger charge is 2.41.